The van der Waals surface area contributed by atoms with Crippen LogP contribution in [0.4, 0.5) is 0 Å². The van der Waals surface area contributed by atoms with E-state index in [1.54, 1.807) is 6.21 Å². The van der Waals surface area contributed by atoms with E-state index < -0.39 is 0 Å². The normalized spacial score (nSPS) is 35.4. The van der Waals surface area contributed by atoms with Gasteiger partial charge in [0.25, 0.3) is 0 Å². The van der Waals surface area contributed by atoms with Crippen LogP contribution in [0.3, 0.4) is 0 Å². The van der Waals surface area contributed by atoms with E-state index in [1.165, 1.54) is 18.0 Å². The predicted molar refractivity (Wildman–Crippen MR) is 78.9 cm³/mol. The third-order valence-electron chi connectivity index (χ3n) is 5.46. The van der Waals surface area contributed by atoms with Crippen molar-refractivity contribution in [2.45, 2.75) is 25.4 Å². The van der Waals surface area contributed by atoms with Gasteiger partial charge in [0, 0.05) is 31.7 Å². The van der Waals surface area contributed by atoms with E-state index in [0.717, 1.165) is 43.4 Å². The monoisotopic (exact) mass is 548 g/mol. The van der Waals surface area contributed by atoms with E-state index in [0.29, 0.717) is 11.7 Å². The number of rotatable bonds is 5. The molecular weight excluding hydrogens is 522 g/mol. The highest BCUT2D eigenvalue weighted by Gasteiger charge is 2.44. The van der Waals surface area contributed by atoms with Gasteiger partial charge in [0.1, 0.15) is 19.0 Å². The number of carbonyl (C=O) groups is 1. The van der Waals surface area contributed by atoms with Gasteiger partial charge in [-0.15, -0.1) is 0 Å². The molecule has 132 valence electrons. The number of nitrogens with zero attached hydrogens (tertiary/aromatic N) is 3. The summed E-state index contributed by atoms with van der Waals surface area (Å²) in [5.41, 5.74) is 0. The molecule has 0 aromatic rings. The second-order valence-electron chi connectivity index (χ2n) is 6.77. The summed E-state index contributed by atoms with van der Waals surface area (Å²) in [6.45, 7) is 5.15. The quantitative estimate of drug-likeness (QED) is 0.118. The molecule has 4 rings (SSSR count). The maximum atomic E-state index is 12.0. The Labute approximate surface area is 172 Å². The van der Waals surface area contributed by atoms with Gasteiger partial charge in [0.05, 0.1) is 32.9 Å². The molecule has 4 heterocycles. The lowest BCUT2D eigenvalue weighted by Gasteiger charge is -2.48. The number of quaternary nitrogens is 2. The molecule has 6 nitrogen and oxygen atoms in total. The highest BCUT2D eigenvalue weighted by molar-refractivity contribution is 5.83. The van der Waals surface area contributed by atoms with Crippen molar-refractivity contribution in [3.8, 4) is 0 Å². The summed E-state index contributed by atoms with van der Waals surface area (Å²) >= 11 is 0. The highest BCUT2D eigenvalue weighted by Crippen LogP contribution is 2.31. The van der Waals surface area contributed by atoms with Gasteiger partial charge in [-0.1, -0.05) is 5.16 Å². The van der Waals surface area contributed by atoms with Crippen LogP contribution in [-0.4, -0.2) is 72.5 Å². The zero-order valence-electron chi connectivity index (χ0n) is 13.5. The molecule has 0 aliphatic carbocycles. The van der Waals surface area contributed by atoms with Gasteiger partial charge in [0.2, 0.25) is 6.17 Å². The summed E-state index contributed by atoms with van der Waals surface area (Å²) < 4.78 is 1.01. The highest BCUT2D eigenvalue weighted by atomic mass is 127. The Balaban J connectivity index is 0.00000132. The van der Waals surface area contributed by atoms with Crippen LogP contribution in [0, 0.1) is 5.92 Å². The summed E-state index contributed by atoms with van der Waals surface area (Å²) in [6.07, 6.45) is 9.08. The van der Waals surface area contributed by atoms with Gasteiger partial charge < -0.3 is 62.5 Å². The topological polar surface area (TPSA) is 57.3 Å². The fraction of sp³-hybridized carbons (Fsp3) is 0.733. The van der Waals surface area contributed by atoms with Crippen LogP contribution in [0.2, 0.25) is 0 Å². The maximum Gasteiger partial charge on any atom is 0.207 e. The Bertz CT molecular complexity index is 464. The minimum Gasteiger partial charge on any atom is -1.00 e. The summed E-state index contributed by atoms with van der Waals surface area (Å²) in [5.74, 6) is 0.858. The van der Waals surface area contributed by atoms with Crippen LogP contribution in [0.25, 0.3) is 0 Å². The zero-order chi connectivity index (χ0) is 14.9. The fourth-order valence-electron chi connectivity index (χ4n) is 4.09. The molecule has 23 heavy (non-hydrogen) atoms. The molecule has 4 aliphatic heterocycles. The van der Waals surface area contributed by atoms with Crippen molar-refractivity contribution < 1.29 is 67.3 Å². The SMILES string of the molecule is C[NH+]1C=CN(CCC[N+]23CCC(CC2)C(=O)C3)C1C=NO.[I-].[I-]. The average molecular weight is 548 g/mol. The minimum atomic E-state index is 0. The van der Waals surface area contributed by atoms with Gasteiger partial charge in [-0.2, -0.15) is 0 Å². The number of fused-ring (bicyclic) bond motifs is 3. The van der Waals surface area contributed by atoms with E-state index in [9.17, 15) is 4.79 Å². The molecule has 3 saturated heterocycles. The smallest absolute Gasteiger partial charge is 0.207 e. The average Bonchev–Trinajstić information content (AvgIpc) is 2.82. The second-order valence-corrected chi connectivity index (χ2v) is 6.77. The summed E-state index contributed by atoms with van der Waals surface area (Å²) in [7, 11) is 2.05. The number of Topliss-reactive ketones (excluding diaryl/α,β-unsaturated/α-hetero) is 1. The second kappa shape index (κ2) is 8.95. The molecular formula is C15H26I2N4O2. The van der Waals surface area contributed by atoms with Gasteiger partial charge >= 0.3 is 0 Å². The first kappa shape index (κ1) is 21.1. The third-order valence-corrected chi connectivity index (χ3v) is 5.46. The van der Waals surface area contributed by atoms with Gasteiger partial charge in [-0.25, -0.2) is 0 Å². The molecule has 8 heteroatoms. The summed E-state index contributed by atoms with van der Waals surface area (Å²) in [6, 6.07) is 0. The molecule has 2 atom stereocenters. The van der Waals surface area contributed by atoms with Crippen molar-refractivity contribution in [1.29, 1.82) is 0 Å². The lowest BCUT2D eigenvalue weighted by Crippen LogP contribution is -3.09. The van der Waals surface area contributed by atoms with Crippen LogP contribution in [0.5, 0.6) is 0 Å². The zero-order valence-corrected chi connectivity index (χ0v) is 17.8. The van der Waals surface area contributed by atoms with Crippen molar-refractivity contribution in [3.05, 3.63) is 12.4 Å². The molecule has 2 unspecified atom stereocenters. The molecule has 0 saturated carbocycles. The number of carbonyl (C=O) groups excluding carboxylic acids is 1. The largest absolute Gasteiger partial charge is 1.00 e. The maximum absolute atomic E-state index is 12.0. The number of oxime groups is 1. The first-order valence-electron chi connectivity index (χ1n) is 7.96. The van der Waals surface area contributed by atoms with E-state index in [4.69, 9.17) is 5.21 Å². The van der Waals surface area contributed by atoms with Crippen molar-refractivity contribution in [2.24, 2.45) is 11.1 Å². The lowest BCUT2D eigenvalue weighted by atomic mass is 9.84. The van der Waals surface area contributed by atoms with Crippen LogP contribution in [-0.2, 0) is 4.79 Å². The first-order valence-corrected chi connectivity index (χ1v) is 7.96. The van der Waals surface area contributed by atoms with E-state index in [-0.39, 0.29) is 54.1 Å². The molecule has 0 aromatic heterocycles. The van der Waals surface area contributed by atoms with Gasteiger partial charge in [0.15, 0.2) is 5.78 Å². The summed E-state index contributed by atoms with van der Waals surface area (Å²) in [4.78, 5) is 15.4. The Hall–Kier alpha value is 0.0600. The molecule has 0 spiro atoms. The molecule has 0 radical (unpaired) electrons. The third kappa shape index (κ3) is 4.57. The van der Waals surface area contributed by atoms with E-state index in [2.05, 4.69) is 29.5 Å². The van der Waals surface area contributed by atoms with E-state index >= 15 is 0 Å². The Morgan fingerprint density at radius 3 is 2.74 bits per heavy atom. The van der Waals surface area contributed by atoms with Crippen molar-refractivity contribution in [1.82, 2.24) is 4.90 Å². The van der Waals surface area contributed by atoms with Gasteiger partial charge in [-0.3, -0.25) is 9.69 Å². The first-order chi connectivity index (χ1) is 10.1. The van der Waals surface area contributed by atoms with Crippen LogP contribution in [0.15, 0.2) is 17.6 Å². The van der Waals surface area contributed by atoms with Crippen molar-refractivity contribution >= 4 is 12.0 Å². The molecule has 3 fully saturated rings. The number of halogens is 2. The molecule has 0 amide bonds. The number of piperidine rings is 3. The lowest BCUT2D eigenvalue weighted by molar-refractivity contribution is -0.931. The molecule has 2 N–H and O–H groups in total. The van der Waals surface area contributed by atoms with Gasteiger partial charge in [-0.05, 0) is 0 Å². The van der Waals surface area contributed by atoms with Crippen LogP contribution in [0.1, 0.15) is 19.3 Å². The number of nitrogens with one attached hydrogen (secondary N) is 1. The van der Waals surface area contributed by atoms with Crippen LogP contribution >= 0.6 is 0 Å². The van der Waals surface area contributed by atoms with Crippen molar-refractivity contribution in [2.75, 3.05) is 39.8 Å². The molecule has 2 bridgehead atoms. The van der Waals surface area contributed by atoms with Crippen molar-refractivity contribution in [3.63, 3.8) is 0 Å². The van der Waals surface area contributed by atoms with E-state index in [1.807, 2.05) is 0 Å². The molecule has 4 aliphatic rings. The standard InChI is InChI=1S/C15H24N4O2.2HI/c1-17-6-7-18(15(17)11-16-21)5-2-8-19-9-3-13(4-10-19)14(20)12-19;;/h6-7,11,13,15H,2-5,8-10,12H2,1H3;2*1H. The Kier molecular flexibility index (Phi) is 8.21. The molecule has 0 aromatic carbocycles. The number of hydrogen-bond acceptors (Lipinski definition) is 4. The number of ketones is 1. The Morgan fingerprint density at radius 2 is 2.13 bits per heavy atom. The summed E-state index contributed by atoms with van der Waals surface area (Å²) in [5, 5.41) is 12.0. The fourth-order valence-corrected chi connectivity index (χ4v) is 4.09. The predicted octanol–water partition coefficient (Wildman–Crippen LogP) is -6.72. The number of hydrogen-bond donors (Lipinski definition) is 2. The minimum absolute atomic E-state index is 0. The van der Waals surface area contributed by atoms with Crippen LogP contribution < -0.4 is 52.9 Å². The Morgan fingerprint density at radius 1 is 1.43 bits per heavy atom.